The lowest BCUT2D eigenvalue weighted by Crippen LogP contribution is -2.33. The van der Waals surface area contributed by atoms with Crippen molar-refractivity contribution < 1.29 is 4.79 Å². The Morgan fingerprint density at radius 3 is 2.85 bits per heavy atom. The van der Waals surface area contributed by atoms with Crippen LogP contribution in [-0.4, -0.2) is 23.4 Å². The molecule has 106 valence electrons. The molecule has 1 saturated heterocycles. The average molecular weight is 309 g/mol. The van der Waals surface area contributed by atoms with E-state index < -0.39 is 0 Å². The number of rotatable bonds is 1. The fraction of sp³-hybridized carbons (Fsp3) is 0.400. The number of halogens is 1. The minimum absolute atomic E-state index is 0.0525. The first kappa shape index (κ1) is 13.7. The number of hydrogen-bond acceptors (Lipinski definition) is 3. The molecule has 1 aliphatic heterocycles. The monoisotopic (exact) mass is 308 g/mol. The molecule has 1 fully saturated rings. The van der Waals surface area contributed by atoms with Gasteiger partial charge < -0.3 is 10.6 Å². The van der Waals surface area contributed by atoms with Crippen molar-refractivity contribution in [1.29, 1.82) is 0 Å². The number of carbonyl (C=O) groups excluding carboxylic acids is 1. The molecule has 2 heterocycles. The summed E-state index contributed by atoms with van der Waals surface area (Å²) < 4.78 is 1.01. The minimum Gasteiger partial charge on any atom is -0.397 e. The van der Waals surface area contributed by atoms with Crippen molar-refractivity contribution in [3.8, 4) is 0 Å². The number of hydrogen-bond donors (Lipinski definition) is 1. The molecule has 0 aliphatic carbocycles. The van der Waals surface area contributed by atoms with Crippen molar-refractivity contribution in [3.63, 3.8) is 0 Å². The predicted molar refractivity (Wildman–Crippen MR) is 85.5 cm³/mol. The molecular formula is C15H17ClN2OS. The van der Waals surface area contributed by atoms with E-state index in [0.717, 1.165) is 23.1 Å². The average Bonchev–Trinajstić information content (AvgIpc) is 2.90. The molecule has 0 saturated carbocycles. The topological polar surface area (TPSA) is 46.3 Å². The molecule has 0 spiro atoms. The molecule has 2 N–H and O–H groups in total. The maximum Gasteiger partial charge on any atom is 0.266 e. The molecule has 2 atom stereocenters. The molecule has 5 heteroatoms. The van der Waals surface area contributed by atoms with E-state index in [-0.39, 0.29) is 11.9 Å². The van der Waals surface area contributed by atoms with Gasteiger partial charge in [-0.05, 0) is 37.5 Å². The molecule has 0 bridgehead atoms. The molecule has 2 unspecified atom stereocenters. The predicted octanol–water partition coefficient (Wildman–Crippen LogP) is 4.01. The lowest BCUT2D eigenvalue weighted by Gasteiger charge is -2.20. The second kappa shape index (κ2) is 4.93. The van der Waals surface area contributed by atoms with Crippen LogP contribution in [0.1, 0.15) is 29.9 Å². The number of fused-ring (bicyclic) bond motifs is 1. The van der Waals surface area contributed by atoms with Crippen molar-refractivity contribution in [2.75, 3.05) is 12.3 Å². The molecule has 1 amide bonds. The number of nitrogens with zero attached hydrogens (tertiary/aromatic N) is 1. The van der Waals surface area contributed by atoms with Crippen LogP contribution in [0.5, 0.6) is 0 Å². The Balaban J connectivity index is 2.02. The Bertz CT molecular complexity index is 682. The van der Waals surface area contributed by atoms with Crippen LogP contribution in [0.25, 0.3) is 10.1 Å². The van der Waals surface area contributed by atoms with E-state index in [2.05, 4.69) is 13.8 Å². The summed E-state index contributed by atoms with van der Waals surface area (Å²) >= 11 is 7.46. The third-order valence-corrected chi connectivity index (χ3v) is 5.34. The first-order valence-corrected chi connectivity index (χ1v) is 7.95. The maximum atomic E-state index is 12.7. The van der Waals surface area contributed by atoms with E-state index in [1.165, 1.54) is 11.3 Å². The highest BCUT2D eigenvalue weighted by Gasteiger charge is 2.32. The Morgan fingerprint density at radius 1 is 1.45 bits per heavy atom. The Morgan fingerprint density at radius 2 is 2.20 bits per heavy atom. The first-order chi connectivity index (χ1) is 9.47. The summed E-state index contributed by atoms with van der Waals surface area (Å²) in [5, 5.41) is 1.52. The van der Waals surface area contributed by atoms with Crippen molar-refractivity contribution in [1.82, 2.24) is 4.90 Å². The SMILES string of the molecule is CC1CC(C)N(C(=O)c2sc3ccc(Cl)cc3c2N)C1. The lowest BCUT2D eigenvalue weighted by molar-refractivity contribution is 0.0749. The van der Waals surface area contributed by atoms with Crippen LogP contribution in [0, 0.1) is 5.92 Å². The fourth-order valence-corrected chi connectivity index (χ4v) is 4.19. The van der Waals surface area contributed by atoms with Gasteiger partial charge in [-0.2, -0.15) is 0 Å². The van der Waals surface area contributed by atoms with Gasteiger partial charge in [0, 0.05) is 27.7 Å². The van der Waals surface area contributed by atoms with Gasteiger partial charge in [0.15, 0.2) is 0 Å². The minimum atomic E-state index is 0.0525. The number of amides is 1. The smallest absolute Gasteiger partial charge is 0.266 e. The van der Waals surface area contributed by atoms with Gasteiger partial charge in [0.1, 0.15) is 4.88 Å². The molecule has 20 heavy (non-hydrogen) atoms. The highest BCUT2D eigenvalue weighted by molar-refractivity contribution is 7.21. The highest BCUT2D eigenvalue weighted by Crippen LogP contribution is 2.37. The molecule has 1 aliphatic rings. The number of benzene rings is 1. The molecule has 1 aromatic heterocycles. The second-order valence-corrected chi connectivity index (χ2v) is 7.12. The highest BCUT2D eigenvalue weighted by atomic mass is 35.5. The van der Waals surface area contributed by atoms with Gasteiger partial charge in [0.25, 0.3) is 5.91 Å². The largest absolute Gasteiger partial charge is 0.397 e. The first-order valence-electron chi connectivity index (χ1n) is 6.76. The maximum absolute atomic E-state index is 12.7. The standard InChI is InChI=1S/C15H17ClN2OS/c1-8-5-9(2)18(7-8)15(19)14-13(17)11-6-10(16)3-4-12(11)20-14/h3-4,6,8-9H,5,7,17H2,1-2H3. The number of carbonyl (C=O) groups is 1. The van der Waals surface area contributed by atoms with Crippen LogP contribution in [0.4, 0.5) is 5.69 Å². The Hall–Kier alpha value is -1.26. The normalized spacial score (nSPS) is 22.6. The summed E-state index contributed by atoms with van der Waals surface area (Å²) in [6.07, 6.45) is 1.06. The van der Waals surface area contributed by atoms with Crippen LogP contribution < -0.4 is 5.73 Å². The number of anilines is 1. The summed E-state index contributed by atoms with van der Waals surface area (Å²) in [7, 11) is 0. The van der Waals surface area contributed by atoms with Gasteiger partial charge in [0.05, 0.1) is 5.69 Å². The third-order valence-electron chi connectivity index (χ3n) is 3.93. The van der Waals surface area contributed by atoms with Gasteiger partial charge >= 0.3 is 0 Å². The van der Waals surface area contributed by atoms with Gasteiger partial charge in [-0.25, -0.2) is 0 Å². The second-order valence-electron chi connectivity index (χ2n) is 5.63. The van der Waals surface area contributed by atoms with E-state index in [1.807, 2.05) is 23.1 Å². The summed E-state index contributed by atoms with van der Waals surface area (Å²) in [5.74, 6) is 0.607. The van der Waals surface area contributed by atoms with E-state index in [0.29, 0.717) is 21.5 Å². The van der Waals surface area contributed by atoms with Gasteiger partial charge in [0.2, 0.25) is 0 Å². The van der Waals surface area contributed by atoms with E-state index in [1.54, 1.807) is 0 Å². The Labute approximate surface area is 127 Å². The van der Waals surface area contributed by atoms with Gasteiger partial charge in [-0.1, -0.05) is 18.5 Å². The zero-order valence-corrected chi connectivity index (χ0v) is 13.1. The van der Waals surface area contributed by atoms with Crippen LogP contribution in [0.3, 0.4) is 0 Å². The molecule has 3 rings (SSSR count). The van der Waals surface area contributed by atoms with Gasteiger partial charge in [-0.15, -0.1) is 11.3 Å². The van der Waals surface area contributed by atoms with E-state index in [9.17, 15) is 4.79 Å². The molecule has 0 radical (unpaired) electrons. The summed E-state index contributed by atoms with van der Waals surface area (Å²) in [6, 6.07) is 5.86. The van der Waals surface area contributed by atoms with Crippen LogP contribution >= 0.6 is 22.9 Å². The number of nitrogen functional groups attached to an aromatic ring is 1. The quantitative estimate of drug-likeness (QED) is 0.865. The third kappa shape index (κ3) is 2.17. The lowest BCUT2D eigenvalue weighted by atomic mass is 10.1. The van der Waals surface area contributed by atoms with E-state index in [4.69, 9.17) is 17.3 Å². The van der Waals surface area contributed by atoms with Crippen molar-refractivity contribution in [2.24, 2.45) is 5.92 Å². The zero-order valence-electron chi connectivity index (χ0n) is 11.5. The fourth-order valence-electron chi connectivity index (χ4n) is 2.96. The Kier molecular flexibility index (Phi) is 3.38. The van der Waals surface area contributed by atoms with Crippen molar-refractivity contribution in [3.05, 3.63) is 28.1 Å². The summed E-state index contributed by atoms with van der Waals surface area (Å²) in [6.45, 7) is 5.09. The van der Waals surface area contributed by atoms with Crippen LogP contribution in [0.15, 0.2) is 18.2 Å². The number of likely N-dealkylation sites (tertiary alicyclic amines) is 1. The summed E-state index contributed by atoms with van der Waals surface area (Å²) in [5.41, 5.74) is 6.72. The number of nitrogens with two attached hydrogens (primary N) is 1. The molecule has 2 aromatic rings. The van der Waals surface area contributed by atoms with Crippen molar-refractivity contribution in [2.45, 2.75) is 26.3 Å². The van der Waals surface area contributed by atoms with Gasteiger partial charge in [-0.3, -0.25) is 4.79 Å². The molecule has 3 nitrogen and oxygen atoms in total. The van der Waals surface area contributed by atoms with Crippen molar-refractivity contribution >= 4 is 44.6 Å². The van der Waals surface area contributed by atoms with Crippen LogP contribution in [0.2, 0.25) is 5.02 Å². The van der Waals surface area contributed by atoms with E-state index >= 15 is 0 Å². The number of thiophene rings is 1. The molecule has 1 aromatic carbocycles. The molecular weight excluding hydrogens is 292 g/mol. The van der Waals surface area contributed by atoms with Crippen LogP contribution in [-0.2, 0) is 0 Å². The zero-order chi connectivity index (χ0) is 14.4. The summed E-state index contributed by atoms with van der Waals surface area (Å²) in [4.78, 5) is 15.3.